The number of ether oxygens (including phenoxy) is 1. The maximum Gasteiger partial charge on any atom is 0.349 e. The number of rotatable bonds is 7. The van der Waals surface area contributed by atoms with Crippen LogP contribution < -0.4 is 9.64 Å². The standard InChI is InChI=1S/C26H23NO6S2/c28-20(29)13-33-22-21-19(35-24(22)26(31)32)12-16-11-18(14-34-23(16)21)27(17-9-5-2-6-10-17)25(30)15-7-3-1-4-8-15/h1,3-4,7-8,11-12,14,17H,2,5-6,9-10,13H2,(H,28,29)(H,31,32). The van der Waals surface area contributed by atoms with E-state index >= 15 is 0 Å². The topological polar surface area (TPSA) is 104 Å². The fourth-order valence-corrected chi connectivity index (χ4v) is 6.84. The van der Waals surface area contributed by atoms with E-state index in [1.54, 1.807) is 0 Å². The zero-order chi connectivity index (χ0) is 24.5. The van der Waals surface area contributed by atoms with Crippen LogP contribution in [-0.4, -0.2) is 40.7 Å². The van der Waals surface area contributed by atoms with E-state index in [0.717, 1.165) is 53.1 Å². The minimum atomic E-state index is -1.18. The molecule has 1 fully saturated rings. The summed E-state index contributed by atoms with van der Waals surface area (Å²) in [6.07, 6.45) is 5.25. The summed E-state index contributed by atoms with van der Waals surface area (Å²) in [4.78, 5) is 39.1. The van der Waals surface area contributed by atoms with Crippen LogP contribution in [0.5, 0.6) is 5.75 Å². The predicted octanol–water partition coefficient (Wildman–Crippen LogP) is 6.21. The molecule has 180 valence electrons. The fourth-order valence-electron chi connectivity index (χ4n) is 4.74. The number of carbonyl (C=O) groups is 3. The Morgan fingerprint density at radius 2 is 1.77 bits per heavy atom. The lowest BCUT2D eigenvalue weighted by atomic mass is 9.93. The molecule has 0 bridgehead atoms. The maximum absolute atomic E-state index is 13.6. The molecule has 3 aliphatic rings. The lowest BCUT2D eigenvalue weighted by molar-refractivity contribution is -0.139. The molecule has 7 nitrogen and oxygen atoms in total. The molecule has 1 aromatic carbocycles. The number of fused-ring (bicyclic) bond motifs is 3. The molecule has 1 saturated carbocycles. The zero-order valence-corrected chi connectivity index (χ0v) is 20.4. The molecule has 1 amide bonds. The van der Waals surface area contributed by atoms with Crippen molar-refractivity contribution < 1.29 is 29.3 Å². The van der Waals surface area contributed by atoms with Crippen LogP contribution in [0.15, 0.2) is 47.8 Å². The van der Waals surface area contributed by atoms with Crippen LogP contribution in [-0.2, 0) is 4.79 Å². The van der Waals surface area contributed by atoms with Crippen LogP contribution in [0.2, 0.25) is 0 Å². The van der Waals surface area contributed by atoms with Crippen LogP contribution in [0, 0.1) is 0 Å². The predicted molar refractivity (Wildman–Crippen MR) is 137 cm³/mol. The van der Waals surface area contributed by atoms with Crippen LogP contribution in [0.1, 0.15) is 52.1 Å². The smallest absolute Gasteiger partial charge is 0.349 e. The summed E-state index contributed by atoms with van der Waals surface area (Å²) in [6, 6.07) is 13.3. The highest BCUT2D eigenvalue weighted by atomic mass is 32.1. The average Bonchev–Trinajstić information content (AvgIpc) is 3.40. The van der Waals surface area contributed by atoms with Gasteiger partial charge in [-0.1, -0.05) is 37.5 Å². The van der Waals surface area contributed by atoms with Gasteiger partial charge < -0.3 is 19.8 Å². The van der Waals surface area contributed by atoms with Crippen molar-refractivity contribution in [3.63, 3.8) is 0 Å². The van der Waals surface area contributed by atoms with Crippen molar-refractivity contribution in [2.75, 3.05) is 11.5 Å². The third-order valence-electron chi connectivity index (χ3n) is 6.26. The lowest BCUT2D eigenvalue weighted by Gasteiger charge is -2.34. The molecule has 9 heteroatoms. The van der Waals surface area contributed by atoms with Gasteiger partial charge in [0.2, 0.25) is 0 Å². The molecule has 0 atom stereocenters. The third kappa shape index (κ3) is 4.49. The Kier molecular flexibility index (Phi) is 6.44. The normalized spacial score (nSPS) is 14.3. The van der Waals surface area contributed by atoms with E-state index in [9.17, 15) is 19.5 Å². The Hall–Kier alpha value is -3.43. The first-order chi connectivity index (χ1) is 16.9. The van der Waals surface area contributed by atoms with Crippen molar-refractivity contribution in [3.8, 4) is 16.2 Å². The highest BCUT2D eigenvalue weighted by Gasteiger charge is 2.30. The number of carboxylic acid groups (broad SMARTS) is 2. The quantitative estimate of drug-likeness (QED) is 0.307. The molecule has 2 N–H and O–H groups in total. The first kappa shape index (κ1) is 23.3. The molecular formula is C26H23NO6S2. The molecule has 0 unspecified atom stereocenters. The second-order valence-electron chi connectivity index (χ2n) is 8.55. The van der Waals surface area contributed by atoms with Crippen LogP contribution >= 0.6 is 22.7 Å². The molecule has 2 aromatic rings. The Morgan fingerprint density at radius 1 is 1.03 bits per heavy atom. The minimum Gasteiger partial charge on any atom is -0.479 e. The third-order valence-corrected chi connectivity index (χ3v) is 8.40. The number of hydrogen-bond acceptors (Lipinski definition) is 6. The summed E-state index contributed by atoms with van der Waals surface area (Å²) in [6.45, 7) is -0.622. The van der Waals surface area contributed by atoms with Crippen molar-refractivity contribution in [1.82, 2.24) is 0 Å². The first-order valence-corrected chi connectivity index (χ1v) is 13.1. The summed E-state index contributed by atoms with van der Waals surface area (Å²) in [5.74, 6) is -2.28. The van der Waals surface area contributed by atoms with E-state index in [1.165, 1.54) is 17.8 Å². The second kappa shape index (κ2) is 9.67. The number of hydrogen-bond donors (Lipinski definition) is 2. The highest BCUT2D eigenvalue weighted by Crippen LogP contribution is 2.50. The molecule has 2 heterocycles. The van der Waals surface area contributed by atoms with Gasteiger partial charge in [0.1, 0.15) is 0 Å². The number of carbonyl (C=O) groups excluding carboxylic acids is 1. The summed E-state index contributed by atoms with van der Waals surface area (Å²) in [7, 11) is 0. The molecule has 1 aliphatic heterocycles. The molecule has 0 spiro atoms. The fraction of sp³-hybridized carbons (Fsp3) is 0.269. The summed E-state index contributed by atoms with van der Waals surface area (Å²) in [5.41, 5.74) is 2.32. The van der Waals surface area contributed by atoms with E-state index in [4.69, 9.17) is 9.84 Å². The van der Waals surface area contributed by atoms with E-state index < -0.39 is 18.5 Å². The molecule has 35 heavy (non-hydrogen) atoms. The number of aromatic carboxylic acids is 1. The summed E-state index contributed by atoms with van der Waals surface area (Å²) in [5, 5.41) is 21.2. The Bertz CT molecular complexity index is 1370. The lowest BCUT2D eigenvalue weighted by Crippen LogP contribution is -2.41. The first-order valence-electron chi connectivity index (χ1n) is 11.4. The second-order valence-corrected chi connectivity index (χ2v) is 10.5. The number of carboxylic acids is 2. The van der Waals surface area contributed by atoms with Gasteiger partial charge in [0, 0.05) is 26.6 Å². The van der Waals surface area contributed by atoms with Gasteiger partial charge in [-0.2, -0.15) is 0 Å². The van der Waals surface area contributed by atoms with E-state index in [2.05, 4.69) is 0 Å². The highest BCUT2D eigenvalue weighted by molar-refractivity contribution is 7.22. The minimum absolute atomic E-state index is 0.0162. The van der Waals surface area contributed by atoms with Gasteiger partial charge in [-0.25, -0.2) is 9.59 Å². The van der Waals surface area contributed by atoms with Crippen molar-refractivity contribution in [3.05, 3.63) is 58.3 Å². The SMILES string of the molecule is O=C(O)COc1c(C(=O)O)sc2cc3cc(N(C(=O)c4ccccc4)C4CCCCC4)csc-3c12. The average molecular weight is 510 g/mol. The Balaban J connectivity index is 1.60. The van der Waals surface area contributed by atoms with Gasteiger partial charge >= 0.3 is 11.9 Å². The van der Waals surface area contributed by atoms with E-state index in [1.807, 2.05) is 52.7 Å². The number of benzene rings is 1. The van der Waals surface area contributed by atoms with Crippen LogP contribution in [0.3, 0.4) is 0 Å². The van der Waals surface area contributed by atoms with Gasteiger partial charge in [0.15, 0.2) is 17.2 Å². The molecule has 1 aromatic heterocycles. The van der Waals surface area contributed by atoms with Crippen LogP contribution in [0.25, 0.3) is 20.5 Å². The van der Waals surface area contributed by atoms with Gasteiger partial charge in [-0.05, 0) is 42.7 Å². The molecule has 0 radical (unpaired) electrons. The number of amides is 1. The molecule has 2 aliphatic carbocycles. The van der Waals surface area contributed by atoms with Crippen molar-refractivity contribution in [1.29, 1.82) is 0 Å². The van der Waals surface area contributed by atoms with Crippen molar-refractivity contribution in [2.45, 2.75) is 38.1 Å². The largest absolute Gasteiger partial charge is 0.479 e. The van der Waals surface area contributed by atoms with Gasteiger partial charge in [-0.3, -0.25) is 4.79 Å². The van der Waals surface area contributed by atoms with E-state index in [0.29, 0.717) is 15.6 Å². The Labute approximate surface area is 209 Å². The molecule has 5 rings (SSSR count). The van der Waals surface area contributed by atoms with Crippen LogP contribution in [0.4, 0.5) is 5.69 Å². The Morgan fingerprint density at radius 3 is 2.46 bits per heavy atom. The van der Waals surface area contributed by atoms with Gasteiger partial charge in [-0.15, -0.1) is 22.7 Å². The summed E-state index contributed by atoms with van der Waals surface area (Å²) >= 11 is 2.47. The monoisotopic (exact) mass is 509 g/mol. The van der Waals surface area contributed by atoms with Gasteiger partial charge in [0.05, 0.1) is 11.1 Å². The van der Waals surface area contributed by atoms with Gasteiger partial charge in [0.25, 0.3) is 5.91 Å². The summed E-state index contributed by atoms with van der Waals surface area (Å²) < 4.78 is 6.13. The van der Waals surface area contributed by atoms with E-state index in [-0.39, 0.29) is 22.6 Å². The number of anilines is 1. The maximum atomic E-state index is 13.6. The zero-order valence-electron chi connectivity index (χ0n) is 18.7. The molecular weight excluding hydrogens is 486 g/mol. The van der Waals surface area contributed by atoms with Crippen molar-refractivity contribution >= 4 is 56.3 Å². The molecule has 0 saturated heterocycles. The number of nitrogens with zero attached hydrogens (tertiary/aromatic N) is 1. The van der Waals surface area contributed by atoms with Crippen molar-refractivity contribution in [2.24, 2.45) is 0 Å². The number of thiophene rings is 1. The number of aliphatic carboxylic acids is 1.